The highest BCUT2D eigenvalue weighted by Gasteiger charge is 2.20. The minimum absolute atomic E-state index is 0.0332. The van der Waals surface area contributed by atoms with E-state index >= 15 is 0 Å². The lowest BCUT2D eigenvalue weighted by molar-refractivity contribution is -0.145. The van der Waals surface area contributed by atoms with Crippen molar-refractivity contribution in [1.82, 2.24) is 10.6 Å². The van der Waals surface area contributed by atoms with Crippen LogP contribution in [-0.4, -0.2) is 48.5 Å². The van der Waals surface area contributed by atoms with Gasteiger partial charge in [-0.3, -0.25) is 24.2 Å². The van der Waals surface area contributed by atoms with E-state index in [4.69, 9.17) is 0 Å². The van der Waals surface area contributed by atoms with Gasteiger partial charge in [0, 0.05) is 13.8 Å². The van der Waals surface area contributed by atoms with Crippen LogP contribution in [0.25, 0.3) is 0 Å². The third-order valence-electron chi connectivity index (χ3n) is 1.81. The third kappa shape index (κ3) is 5.06. The van der Waals surface area contributed by atoms with E-state index in [0.29, 0.717) is 0 Å². The van der Waals surface area contributed by atoms with Gasteiger partial charge in [-0.05, 0) is 0 Å². The Labute approximate surface area is 108 Å². The van der Waals surface area contributed by atoms with Crippen LogP contribution < -0.4 is 10.6 Å². The number of carbonyl (C=O) groups is 4. The van der Waals surface area contributed by atoms with Crippen molar-refractivity contribution in [2.75, 3.05) is 13.2 Å². The van der Waals surface area contributed by atoms with Crippen molar-refractivity contribution < 1.29 is 23.9 Å². The van der Waals surface area contributed by atoms with Gasteiger partial charge in [-0.2, -0.15) is 4.99 Å². The predicted molar refractivity (Wildman–Crippen MR) is 63.3 cm³/mol. The largest absolute Gasteiger partial charge is 0.456 e. The van der Waals surface area contributed by atoms with Gasteiger partial charge in [0.25, 0.3) is 5.91 Å². The first kappa shape index (κ1) is 14.5. The van der Waals surface area contributed by atoms with Crippen molar-refractivity contribution in [3.63, 3.8) is 0 Å². The average Bonchev–Trinajstić information content (AvgIpc) is 2.29. The Morgan fingerprint density at radius 2 is 1.95 bits per heavy atom. The van der Waals surface area contributed by atoms with E-state index in [1.54, 1.807) is 0 Å². The van der Waals surface area contributed by atoms with Crippen LogP contribution in [0.5, 0.6) is 0 Å². The molecule has 9 heteroatoms. The lowest BCUT2D eigenvalue weighted by atomic mass is 10.4. The van der Waals surface area contributed by atoms with E-state index < -0.39 is 24.4 Å². The SMILES string of the molecule is CC(=O)NC1=NC(=O)C(NC(=O)COC(C)=O)=NC1. The Kier molecular flexibility index (Phi) is 4.86. The maximum atomic E-state index is 11.5. The smallest absolute Gasteiger partial charge is 0.314 e. The molecule has 0 bridgehead atoms. The quantitative estimate of drug-likeness (QED) is 0.568. The first-order valence-corrected chi connectivity index (χ1v) is 5.25. The first-order valence-electron chi connectivity index (χ1n) is 5.25. The van der Waals surface area contributed by atoms with Gasteiger partial charge in [-0.25, -0.2) is 0 Å². The zero-order valence-corrected chi connectivity index (χ0v) is 10.3. The second-order valence-electron chi connectivity index (χ2n) is 3.54. The van der Waals surface area contributed by atoms with Gasteiger partial charge in [0.2, 0.25) is 5.91 Å². The first-order chi connectivity index (χ1) is 8.88. The summed E-state index contributed by atoms with van der Waals surface area (Å²) < 4.78 is 4.44. The van der Waals surface area contributed by atoms with E-state index in [1.165, 1.54) is 6.92 Å². The molecule has 0 unspecified atom stereocenters. The minimum atomic E-state index is -0.786. The summed E-state index contributed by atoms with van der Waals surface area (Å²) in [5.41, 5.74) is 0. The number of esters is 1. The van der Waals surface area contributed by atoms with E-state index in [-0.39, 0.29) is 24.1 Å². The summed E-state index contributed by atoms with van der Waals surface area (Å²) in [5, 5.41) is 4.49. The molecule has 0 radical (unpaired) electrons. The second kappa shape index (κ2) is 6.38. The van der Waals surface area contributed by atoms with Crippen LogP contribution in [0.2, 0.25) is 0 Å². The summed E-state index contributed by atoms with van der Waals surface area (Å²) in [5.74, 6) is -2.62. The number of amidine groups is 2. The van der Waals surface area contributed by atoms with Crippen LogP contribution >= 0.6 is 0 Å². The van der Waals surface area contributed by atoms with Crippen molar-refractivity contribution in [2.45, 2.75) is 13.8 Å². The van der Waals surface area contributed by atoms with Crippen LogP contribution in [0.1, 0.15) is 13.8 Å². The lowest BCUT2D eigenvalue weighted by Gasteiger charge is -2.12. The molecule has 1 aliphatic rings. The molecule has 1 heterocycles. The van der Waals surface area contributed by atoms with Gasteiger partial charge >= 0.3 is 11.9 Å². The van der Waals surface area contributed by atoms with Crippen LogP contribution in [0.15, 0.2) is 9.98 Å². The van der Waals surface area contributed by atoms with Crippen LogP contribution in [-0.2, 0) is 23.9 Å². The molecule has 3 amide bonds. The maximum Gasteiger partial charge on any atom is 0.314 e. The van der Waals surface area contributed by atoms with Gasteiger partial charge in [-0.15, -0.1) is 0 Å². The van der Waals surface area contributed by atoms with Crippen molar-refractivity contribution in [3.05, 3.63) is 0 Å². The Morgan fingerprint density at radius 3 is 2.47 bits per heavy atom. The van der Waals surface area contributed by atoms with Crippen molar-refractivity contribution >= 4 is 35.4 Å². The molecule has 1 rings (SSSR count). The number of hydrogen-bond acceptors (Lipinski definition) is 6. The van der Waals surface area contributed by atoms with E-state index in [0.717, 1.165) is 6.92 Å². The molecular weight excluding hydrogens is 256 g/mol. The lowest BCUT2D eigenvalue weighted by Crippen LogP contribution is -2.43. The molecule has 0 saturated carbocycles. The van der Waals surface area contributed by atoms with Crippen LogP contribution in [0, 0.1) is 0 Å². The molecule has 0 atom stereocenters. The van der Waals surface area contributed by atoms with Gasteiger partial charge in [0.15, 0.2) is 12.4 Å². The summed E-state index contributed by atoms with van der Waals surface area (Å²) in [6.07, 6.45) is 0. The fourth-order valence-electron chi connectivity index (χ4n) is 1.13. The van der Waals surface area contributed by atoms with Crippen LogP contribution in [0.3, 0.4) is 0 Å². The highest BCUT2D eigenvalue weighted by Crippen LogP contribution is 1.93. The summed E-state index contributed by atoms with van der Waals surface area (Å²) in [7, 11) is 0. The number of rotatable bonds is 2. The number of amides is 3. The Balaban J connectivity index is 2.52. The predicted octanol–water partition coefficient (Wildman–Crippen LogP) is -1.86. The Morgan fingerprint density at radius 1 is 1.26 bits per heavy atom. The Hall–Kier alpha value is -2.58. The van der Waals surface area contributed by atoms with Gasteiger partial charge in [0.05, 0.1) is 6.54 Å². The highest BCUT2D eigenvalue weighted by atomic mass is 16.5. The molecule has 0 fully saturated rings. The number of nitrogens with zero attached hydrogens (tertiary/aromatic N) is 2. The molecule has 0 aromatic heterocycles. The standard InChI is InChI=1S/C10H12N4O5/c1-5(15)12-7-3-11-9(10(18)13-7)14-8(17)4-19-6(2)16/h3-4H2,1-2H3,(H,11,14,17)(H,12,13,15,18). The molecule has 1 aliphatic heterocycles. The van der Waals surface area contributed by atoms with Gasteiger partial charge in [0.1, 0.15) is 5.84 Å². The number of nitrogens with one attached hydrogen (secondary N) is 2. The minimum Gasteiger partial charge on any atom is -0.456 e. The number of aliphatic imine (C=N–C) groups is 2. The van der Waals surface area contributed by atoms with Crippen LogP contribution in [0.4, 0.5) is 0 Å². The zero-order valence-electron chi connectivity index (χ0n) is 10.3. The third-order valence-corrected chi connectivity index (χ3v) is 1.81. The van der Waals surface area contributed by atoms with E-state index in [9.17, 15) is 19.2 Å². The molecule has 102 valence electrons. The van der Waals surface area contributed by atoms with Crippen molar-refractivity contribution in [3.8, 4) is 0 Å². The summed E-state index contributed by atoms with van der Waals surface area (Å²) >= 11 is 0. The fraction of sp³-hybridized carbons (Fsp3) is 0.400. The van der Waals surface area contributed by atoms with E-state index in [2.05, 4.69) is 25.4 Å². The molecule has 0 spiro atoms. The summed E-state index contributed by atoms with van der Waals surface area (Å²) in [6, 6.07) is 0. The molecule has 0 aromatic carbocycles. The highest BCUT2D eigenvalue weighted by molar-refractivity contribution is 6.43. The molecular formula is C10H12N4O5. The number of ether oxygens (including phenoxy) is 1. The Bertz CT molecular complexity index is 494. The fourth-order valence-corrected chi connectivity index (χ4v) is 1.13. The summed E-state index contributed by atoms with van der Waals surface area (Å²) in [4.78, 5) is 51.3. The summed E-state index contributed by atoms with van der Waals surface area (Å²) in [6.45, 7) is 1.88. The van der Waals surface area contributed by atoms with Crippen molar-refractivity contribution in [1.29, 1.82) is 0 Å². The van der Waals surface area contributed by atoms with E-state index in [1.807, 2.05) is 0 Å². The van der Waals surface area contributed by atoms with Crippen molar-refractivity contribution in [2.24, 2.45) is 9.98 Å². The second-order valence-corrected chi connectivity index (χ2v) is 3.54. The molecule has 0 saturated heterocycles. The maximum absolute atomic E-state index is 11.5. The normalized spacial score (nSPS) is 14.1. The molecule has 19 heavy (non-hydrogen) atoms. The molecule has 0 aromatic rings. The number of hydrogen-bond donors (Lipinski definition) is 2. The molecule has 2 N–H and O–H groups in total. The van der Waals surface area contributed by atoms with Gasteiger partial charge < -0.3 is 15.4 Å². The van der Waals surface area contributed by atoms with Gasteiger partial charge in [-0.1, -0.05) is 0 Å². The number of carbonyl (C=O) groups excluding carboxylic acids is 4. The monoisotopic (exact) mass is 268 g/mol. The molecule has 0 aliphatic carbocycles. The molecule has 9 nitrogen and oxygen atoms in total. The zero-order chi connectivity index (χ0) is 14.4. The average molecular weight is 268 g/mol. The topological polar surface area (TPSA) is 126 Å².